The van der Waals surface area contributed by atoms with E-state index in [1.165, 1.54) is 45.7 Å². The van der Waals surface area contributed by atoms with Crippen LogP contribution < -0.4 is 5.32 Å². The highest BCUT2D eigenvalue weighted by molar-refractivity contribution is 4.99. The zero-order chi connectivity index (χ0) is 9.31. The fourth-order valence-electron chi connectivity index (χ4n) is 2.30. The Kier molecular flexibility index (Phi) is 2.58. The standard InChI is InChI=1S/C10H21N3/c1-10(8-11-9-10)13-5-3-4-12(2)6-7-13/h11H,3-9H2,1-2H3. The Morgan fingerprint density at radius 1 is 1.08 bits per heavy atom. The van der Waals surface area contributed by atoms with Gasteiger partial charge in [0.05, 0.1) is 0 Å². The van der Waals surface area contributed by atoms with E-state index in [9.17, 15) is 0 Å². The lowest BCUT2D eigenvalue weighted by Crippen LogP contribution is -2.67. The minimum atomic E-state index is 0.463. The van der Waals surface area contributed by atoms with Crippen LogP contribution in [0.2, 0.25) is 0 Å². The lowest BCUT2D eigenvalue weighted by atomic mass is 9.92. The molecule has 0 radical (unpaired) electrons. The van der Waals surface area contributed by atoms with Crippen LogP contribution in [0.15, 0.2) is 0 Å². The van der Waals surface area contributed by atoms with Gasteiger partial charge >= 0.3 is 0 Å². The zero-order valence-electron chi connectivity index (χ0n) is 8.84. The second-order valence-corrected chi connectivity index (χ2v) is 4.74. The van der Waals surface area contributed by atoms with Crippen molar-refractivity contribution in [1.29, 1.82) is 0 Å². The molecule has 0 aromatic carbocycles. The zero-order valence-corrected chi connectivity index (χ0v) is 8.84. The molecule has 2 aliphatic heterocycles. The van der Waals surface area contributed by atoms with Crippen molar-refractivity contribution in [3.63, 3.8) is 0 Å². The second-order valence-electron chi connectivity index (χ2n) is 4.74. The molecule has 1 N–H and O–H groups in total. The molecule has 0 atom stereocenters. The van der Waals surface area contributed by atoms with E-state index in [0.717, 1.165) is 0 Å². The van der Waals surface area contributed by atoms with E-state index in [1.807, 2.05) is 0 Å². The second kappa shape index (κ2) is 3.56. The molecule has 0 bridgehead atoms. The van der Waals surface area contributed by atoms with E-state index >= 15 is 0 Å². The Labute approximate surface area is 81.1 Å². The summed E-state index contributed by atoms with van der Waals surface area (Å²) in [5.74, 6) is 0. The van der Waals surface area contributed by atoms with Crippen LogP contribution in [0.3, 0.4) is 0 Å². The van der Waals surface area contributed by atoms with Gasteiger partial charge < -0.3 is 10.2 Å². The molecule has 0 aromatic rings. The quantitative estimate of drug-likeness (QED) is 0.616. The molecule has 2 saturated heterocycles. The van der Waals surface area contributed by atoms with Gasteiger partial charge in [-0.15, -0.1) is 0 Å². The fourth-order valence-corrected chi connectivity index (χ4v) is 2.30. The number of hydrogen-bond acceptors (Lipinski definition) is 3. The number of nitrogens with one attached hydrogen (secondary N) is 1. The Morgan fingerprint density at radius 2 is 1.85 bits per heavy atom. The molecule has 3 heteroatoms. The van der Waals surface area contributed by atoms with Gasteiger partial charge in [-0.1, -0.05) is 0 Å². The first kappa shape index (κ1) is 9.44. The van der Waals surface area contributed by atoms with Gasteiger partial charge in [0.2, 0.25) is 0 Å². The van der Waals surface area contributed by atoms with Gasteiger partial charge in [-0.25, -0.2) is 0 Å². The molecule has 2 aliphatic rings. The molecule has 0 aliphatic carbocycles. The van der Waals surface area contributed by atoms with Crippen molar-refractivity contribution in [2.75, 3.05) is 46.3 Å². The number of hydrogen-bond donors (Lipinski definition) is 1. The van der Waals surface area contributed by atoms with Crippen LogP contribution in [-0.2, 0) is 0 Å². The van der Waals surface area contributed by atoms with Crippen LogP contribution in [-0.4, -0.2) is 61.7 Å². The molecular weight excluding hydrogens is 162 g/mol. The smallest absolute Gasteiger partial charge is 0.0430 e. The van der Waals surface area contributed by atoms with Crippen molar-refractivity contribution in [1.82, 2.24) is 15.1 Å². The van der Waals surface area contributed by atoms with Crippen molar-refractivity contribution in [3.8, 4) is 0 Å². The van der Waals surface area contributed by atoms with E-state index in [-0.39, 0.29) is 0 Å². The summed E-state index contributed by atoms with van der Waals surface area (Å²) in [5, 5.41) is 3.38. The Morgan fingerprint density at radius 3 is 2.46 bits per heavy atom. The summed E-state index contributed by atoms with van der Waals surface area (Å²) in [6, 6.07) is 0. The highest BCUT2D eigenvalue weighted by atomic mass is 15.3. The van der Waals surface area contributed by atoms with Crippen molar-refractivity contribution in [2.45, 2.75) is 18.9 Å². The number of likely N-dealkylation sites (N-methyl/N-ethyl adjacent to an activating group) is 1. The van der Waals surface area contributed by atoms with Crippen LogP contribution in [0.5, 0.6) is 0 Å². The van der Waals surface area contributed by atoms with E-state index < -0.39 is 0 Å². The largest absolute Gasteiger partial charge is 0.313 e. The lowest BCUT2D eigenvalue weighted by molar-refractivity contribution is 0.0577. The SMILES string of the molecule is CN1CCCN(C2(C)CNC2)CC1. The van der Waals surface area contributed by atoms with Crippen LogP contribution in [0.1, 0.15) is 13.3 Å². The molecule has 2 fully saturated rings. The average Bonchev–Trinajstić information content (AvgIpc) is 2.26. The molecule has 3 nitrogen and oxygen atoms in total. The molecule has 0 unspecified atom stereocenters. The van der Waals surface area contributed by atoms with Gasteiger partial charge in [0.1, 0.15) is 0 Å². The summed E-state index contributed by atoms with van der Waals surface area (Å²) in [7, 11) is 2.23. The minimum Gasteiger partial charge on any atom is -0.313 e. The van der Waals surface area contributed by atoms with Crippen LogP contribution in [0.25, 0.3) is 0 Å². The summed E-state index contributed by atoms with van der Waals surface area (Å²) >= 11 is 0. The van der Waals surface area contributed by atoms with Gasteiger partial charge in [-0.05, 0) is 26.9 Å². The molecular formula is C10H21N3. The molecule has 0 aromatic heterocycles. The van der Waals surface area contributed by atoms with Crippen molar-refractivity contribution in [3.05, 3.63) is 0 Å². The van der Waals surface area contributed by atoms with E-state index in [2.05, 4.69) is 29.1 Å². The predicted octanol–water partition coefficient (Wildman–Crippen LogP) is -0.0142. The maximum absolute atomic E-state index is 3.38. The topological polar surface area (TPSA) is 18.5 Å². The number of nitrogens with zero attached hydrogens (tertiary/aromatic N) is 2. The summed E-state index contributed by atoms with van der Waals surface area (Å²) in [5.41, 5.74) is 0.463. The van der Waals surface area contributed by atoms with Crippen molar-refractivity contribution in [2.24, 2.45) is 0 Å². The summed E-state index contributed by atoms with van der Waals surface area (Å²) in [6.07, 6.45) is 1.33. The van der Waals surface area contributed by atoms with Crippen molar-refractivity contribution >= 4 is 0 Å². The third-order valence-corrected chi connectivity index (χ3v) is 3.49. The third-order valence-electron chi connectivity index (χ3n) is 3.49. The Balaban J connectivity index is 1.91. The van der Waals surface area contributed by atoms with E-state index in [1.54, 1.807) is 0 Å². The normalized spacial score (nSPS) is 30.9. The predicted molar refractivity (Wildman–Crippen MR) is 55.0 cm³/mol. The molecule has 0 spiro atoms. The van der Waals surface area contributed by atoms with Gasteiger partial charge in [0, 0.05) is 38.3 Å². The summed E-state index contributed by atoms with van der Waals surface area (Å²) in [6.45, 7) is 9.76. The fraction of sp³-hybridized carbons (Fsp3) is 1.00. The molecule has 76 valence electrons. The first-order chi connectivity index (χ1) is 6.21. The van der Waals surface area contributed by atoms with Crippen LogP contribution in [0.4, 0.5) is 0 Å². The Hall–Kier alpha value is -0.120. The molecule has 2 heterocycles. The first-order valence-electron chi connectivity index (χ1n) is 5.35. The summed E-state index contributed by atoms with van der Waals surface area (Å²) < 4.78 is 0. The molecule has 13 heavy (non-hydrogen) atoms. The third kappa shape index (κ3) is 1.87. The monoisotopic (exact) mass is 183 g/mol. The minimum absolute atomic E-state index is 0.463. The molecule has 0 saturated carbocycles. The molecule has 0 amide bonds. The van der Waals surface area contributed by atoms with E-state index in [4.69, 9.17) is 0 Å². The Bertz CT molecular complexity index is 177. The average molecular weight is 183 g/mol. The molecule has 2 rings (SSSR count). The van der Waals surface area contributed by atoms with Crippen LogP contribution >= 0.6 is 0 Å². The highest BCUT2D eigenvalue weighted by Crippen LogP contribution is 2.20. The van der Waals surface area contributed by atoms with Gasteiger partial charge in [-0.3, -0.25) is 4.90 Å². The maximum atomic E-state index is 3.38. The highest BCUT2D eigenvalue weighted by Gasteiger charge is 2.37. The first-order valence-corrected chi connectivity index (χ1v) is 5.35. The van der Waals surface area contributed by atoms with Gasteiger partial charge in [0.15, 0.2) is 0 Å². The van der Waals surface area contributed by atoms with Gasteiger partial charge in [-0.2, -0.15) is 0 Å². The van der Waals surface area contributed by atoms with Gasteiger partial charge in [0.25, 0.3) is 0 Å². The van der Waals surface area contributed by atoms with Crippen LogP contribution in [0, 0.1) is 0 Å². The van der Waals surface area contributed by atoms with E-state index in [0.29, 0.717) is 5.54 Å². The maximum Gasteiger partial charge on any atom is 0.0430 e. The van der Waals surface area contributed by atoms with Crippen molar-refractivity contribution < 1.29 is 0 Å². The number of rotatable bonds is 1. The lowest BCUT2D eigenvalue weighted by Gasteiger charge is -2.48. The summed E-state index contributed by atoms with van der Waals surface area (Å²) in [4.78, 5) is 5.10.